The fourth-order valence-electron chi connectivity index (χ4n) is 4.40. The summed E-state index contributed by atoms with van der Waals surface area (Å²) in [5, 5.41) is 10.9. The minimum atomic E-state index is -5.22. The number of hydrogen-bond donors (Lipinski definition) is 1. The van der Waals surface area contributed by atoms with E-state index in [2.05, 4.69) is 4.98 Å². The van der Waals surface area contributed by atoms with E-state index in [1.165, 1.54) is 24.1 Å². The second-order valence-electron chi connectivity index (χ2n) is 10.5. The normalized spacial score (nSPS) is 14.8. The summed E-state index contributed by atoms with van der Waals surface area (Å²) < 4.78 is 48.0. The average molecular weight is 599 g/mol. The lowest BCUT2D eigenvalue weighted by atomic mass is 9.91. The van der Waals surface area contributed by atoms with E-state index in [0.29, 0.717) is 43.7 Å². The number of carbonyl (C=O) groups is 2. The predicted octanol–water partition coefficient (Wildman–Crippen LogP) is 5.27. The van der Waals surface area contributed by atoms with Gasteiger partial charge in [-0.1, -0.05) is 30.7 Å². The number of pyridine rings is 1. The number of aromatic nitrogens is 1. The number of unbranched alkanes of at least 4 members (excludes halogenated alkanes) is 2. The van der Waals surface area contributed by atoms with Crippen LogP contribution in [0.15, 0.2) is 36.4 Å². The van der Waals surface area contributed by atoms with Crippen molar-refractivity contribution in [3.05, 3.63) is 52.7 Å². The highest BCUT2D eigenvalue weighted by Gasteiger charge is 2.61. The zero-order valence-corrected chi connectivity index (χ0v) is 24.6. The van der Waals surface area contributed by atoms with E-state index < -0.39 is 23.2 Å². The van der Waals surface area contributed by atoms with Gasteiger partial charge in [0.2, 0.25) is 0 Å². The average Bonchev–Trinajstić information content (AvgIpc) is 3.74. The highest BCUT2D eigenvalue weighted by Crippen LogP contribution is 2.42. The van der Waals surface area contributed by atoms with Gasteiger partial charge in [0.15, 0.2) is 0 Å². The number of alkyl halides is 3. The van der Waals surface area contributed by atoms with Gasteiger partial charge in [-0.05, 0) is 62.8 Å². The highest BCUT2D eigenvalue weighted by atomic mass is 35.5. The molecule has 0 saturated heterocycles. The van der Waals surface area contributed by atoms with Crippen molar-refractivity contribution >= 4 is 29.2 Å². The first kappa shape index (κ1) is 32.5. The van der Waals surface area contributed by atoms with Gasteiger partial charge in [-0.3, -0.25) is 9.59 Å². The molecule has 226 valence electrons. The molecule has 2 amide bonds. The summed E-state index contributed by atoms with van der Waals surface area (Å²) in [6.07, 6.45) is -1.04. The lowest BCUT2D eigenvalue weighted by Gasteiger charge is -2.33. The van der Waals surface area contributed by atoms with Crippen molar-refractivity contribution in [2.24, 2.45) is 0 Å². The molecular weight excluding hydrogens is 561 g/mol. The zero-order valence-electron chi connectivity index (χ0n) is 23.9. The maximum absolute atomic E-state index is 14.1. The Kier molecular flexibility index (Phi) is 10.9. The Labute approximate surface area is 244 Å². The van der Waals surface area contributed by atoms with Crippen molar-refractivity contribution in [1.29, 1.82) is 0 Å². The Balaban J connectivity index is 1.59. The largest absolute Gasteiger partial charge is 0.490 e. The van der Waals surface area contributed by atoms with Gasteiger partial charge in [-0.15, -0.1) is 0 Å². The maximum atomic E-state index is 14.1. The molecule has 8 nitrogen and oxygen atoms in total. The van der Waals surface area contributed by atoms with Crippen molar-refractivity contribution in [3.63, 3.8) is 0 Å². The van der Waals surface area contributed by atoms with Gasteiger partial charge in [0.25, 0.3) is 17.4 Å². The van der Waals surface area contributed by atoms with Gasteiger partial charge in [-0.25, -0.2) is 4.98 Å². The van der Waals surface area contributed by atoms with Crippen molar-refractivity contribution in [2.45, 2.75) is 63.3 Å². The first-order valence-corrected chi connectivity index (χ1v) is 14.1. The number of benzene rings is 1. The molecule has 1 fully saturated rings. The van der Waals surface area contributed by atoms with Crippen LogP contribution in [0.3, 0.4) is 0 Å². The number of nitrogens with zero attached hydrogens (tertiary/aromatic N) is 4. The van der Waals surface area contributed by atoms with Crippen LogP contribution in [0.2, 0.25) is 5.15 Å². The van der Waals surface area contributed by atoms with Crippen LogP contribution in [-0.2, 0) is 10.4 Å². The zero-order chi connectivity index (χ0) is 30.4. The monoisotopic (exact) mass is 598 g/mol. The summed E-state index contributed by atoms with van der Waals surface area (Å²) in [5.74, 6) is -0.865. The summed E-state index contributed by atoms with van der Waals surface area (Å²) in [7, 11) is 4.52. The van der Waals surface area contributed by atoms with Crippen molar-refractivity contribution in [1.82, 2.24) is 14.8 Å². The Bertz CT molecular complexity index is 1210. The van der Waals surface area contributed by atoms with Crippen LogP contribution < -0.4 is 9.64 Å². The number of amides is 2. The number of halogens is 4. The molecule has 0 unspecified atom stereocenters. The van der Waals surface area contributed by atoms with Gasteiger partial charge in [0, 0.05) is 46.3 Å². The van der Waals surface area contributed by atoms with Crippen LogP contribution in [0.5, 0.6) is 5.75 Å². The maximum Gasteiger partial charge on any atom is 0.430 e. The summed E-state index contributed by atoms with van der Waals surface area (Å²) in [6.45, 7) is 3.37. The Hall–Kier alpha value is -3.05. The summed E-state index contributed by atoms with van der Waals surface area (Å²) in [5.41, 5.74) is -3.95. The van der Waals surface area contributed by atoms with Crippen LogP contribution in [0.1, 0.15) is 61.4 Å². The number of anilines is 1. The lowest BCUT2D eigenvalue weighted by molar-refractivity contribution is -0.261. The molecule has 1 saturated carbocycles. The first-order chi connectivity index (χ1) is 19.3. The topological polar surface area (TPSA) is 86.2 Å². The van der Waals surface area contributed by atoms with Gasteiger partial charge >= 0.3 is 6.18 Å². The number of hydrogen-bond acceptors (Lipinski definition) is 6. The van der Waals surface area contributed by atoms with Gasteiger partial charge in [-0.2, -0.15) is 13.2 Å². The quantitative estimate of drug-likeness (QED) is 0.235. The van der Waals surface area contributed by atoms with Crippen molar-refractivity contribution in [2.75, 3.05) is 45.7 Å². The number of rotatable bonds is 14. The SMILES string of the molecule is CCCN(CCCCCN(C)C(=O)[C@@](O)(c1cccc(OC2CC2)c1)C(F)(F)F)c1ccc(C(=O)N(C)C)c(Cl)n1. The molecule has 3 rings (SSSR count). The molecule has 1 aromatic heterocycles. The molecule has 41 heavy (non-hydrogen) atoms. The molecule has 0 aliphatic heterocycles. The molecule has 2 aromatic rings. The third-order valence-electron chi connectivity index (χ3n) is 6.86. The molecule has 0 spiro atoms. The third-order valence-corrected chi connectivity index (χ3v) is 7.14. The molecule has 1 aliphatic carbocycles. The smallest absolute Gasteiger partial charge is 0.430 e. The van der Waals surface area contributed by atoms with Gasteiger partial charge < -0.3 is 24.5 Å². The van der Waals surface area contributed by atoms with E-state index in [9.17, 15) is 27.9 Å². The van der Waals surface area contributed by atoms with Crippen LogP contribution in [0, 0.1) is 0 Å². The van der Waals surface area contributed by atoms with Crippen molar-refractivity contribution < 1.29 is 32.6 Å². The van der Waals surface area contributed by atoms with E-state index in [1.807, 2.05) is 11.8 Å². The van der Waals surface area contributed by atoms with Gasteiger partial charge in [0.05, 0.1) is 11.7 Å². The number of likely N-dealkylation sites (N-methyl/N-ethyl adjacent to an activating group) is 1. The van der Waals surface area contributed by atoms with Crippen LogP contribution in [0.25, 0.3) is 0 Å². The second kappa shape index (κ2) is 13.7. The molecule has 1 atom stereocenters. The first-order valence-electron chi connectivity index (χ1n) is 13.7. The molecule has 12 heteroatoms. The molecule has 1 heterocycles. The molecule has 0 bridgehead atoms. The van der Waals surface area contributed by atoms with E-state index in [0.717, 1.165) is 36.3 Å². The number of carbonyl (C=O) groups excluding carboxylic acids is 2. The number of ether oxygens (including phenoxy) is 1. The third kappa shape index (κ3) is 8.03. The molecule has 0 radical (unpaired) electrons. The van der Waals surface area contributed by atoms with Crippen LogP contribution in [-0.4, -0.2) is 84.8 Å². The number of aliphatic hydroxyl groups is 1. The van der Waals surface area contributed by atoms with Crippen LogP contribution in [0.4, 0.5) is 19.0 Å². The molecular formula is C29H38ClF3N4O4. The van der Waals surface area contributed by atoms with E-state index in [-0.39, 0.29) is 29.5 Å². The second-order valence-corrected chi connectivity index (χ2v) is 10.9. The molecule has 1 aromatic carbocycles. The molecule has 1 N–H and O–H groups in total. The summed E-state index contributed by atoms with van der Waals surface area (Å²) in [6, 6.07) is 8.41. The molecule has 1 aliphatic rings. The fourth-order valence-corrected chi connectivity index (χ4v) is 4.63. The van der Waals surface area contributed by atoms with E-state index in [4.69, 9.17) is 16.3 Å². The standard InChI is InChI=1S/C29H38ClF3N4O4/c1-5-16-37(24-15-14-23(25(30)34-24)26(38)35(2)3)18-8-6-7-17-36(4)27(39)28(40,29(31,32)33)20-10-9-11-22(19-20)41-21-12-13-21/h9-11,14-15,19,21,40H,5-8,12-13,16-18H2,1-4H3/t28-/m0/s1. The Morgan fingerprint density at radius 1 is 1.05 bits per heavy atom. The van der Waals surface area contributed by atoms with Gasteiger partial charge in [0.1, 0.15) is 16.7 Å². The van der Waals surface area contributed by atoms with E-state index >= 15 is 0 Å². The van der Waals surface area contributed by atoms with E-state index in [1.54, 1.807) is 26.2 Å². The minimum absolute atomic E-state index is 0.0364. The Morgan fingerprint density at radius 3 is 2.32 bits per heavy atom. The lowest BCUT2D eigenvalue weighted by Crippen LogP contribution is -2.55. The minimum Gasteiger partial charge on any atom is -0.490 e. The van der Waals surface area contributed by atoms with Crippen molar-refractivity contribution in [3.8, 4) is 5.75 Å². The van der Waals surface area contributed by atoms with Crippen LogP contribution >= 0.6 is 11.6 Å². The fraction of sp³-hybridized carbons (Fsp3) is 0.552. The summed E-state index contributed by atoms with van der Waals surface area (Å²) >= 11 is 6.28. The Morgan fingerprint density at radius 2 is 1.73 bits per heavy atom. The predicted molar refractivity (Wildman–Crippen MR) is 151 cm³/mol. The summed E-state index contributed by atoms with van der Waals surface area (Å²) in [4.78, 5) is 34.0. The highest BCUT2D eigenvalue weighted by molar-refractivity contribution is 6.32.